The predicted octanol–water partition coefficient (Wildman–Crippen LogP) is -2.96. The summed E-state index contributed by atoms with van der Waals surface area (Å²) in [5.41, 5.74) is 0. The van der Waals surface area contributed by atoms with Crippen LogP contribution in [-0.4, -0.2) is 74.7 Å². The van der Waals surface area contributed by atoms with E-state index in [4.69, 9.17) is 0 Å². The van der Waals surface area contributed by atoms with E-state index < -0.39 is 0 Å². The highest BCUT2D eigenvalue weighted by Crippen LogP contribution is 1.87. The molecule has 0 heterocycles. The Hall–Kier alpha value is -2.12. The van der Waals surface area contributed by atoms with Gasteiger partial charge in [-0.25, -0.2) is 0 Å². The second-order valence-corrected chi connectivity index (χ2v) is 3.21. The summed E-state index contributed by atoms with van der Waals surface area (Å²) in [7, 11) is 0. The molecule has 0 aliphatic rings. The molecule has 0 bridgehead atoms. The highest BCUT2D eigenvalue weighted by atomic mass is 16.1. The van der Waals surface area contributed by atoms with Crippen LogP contribution >= 0.6 is 0 Å². The lowest BCUT2D eigenvalue weighted by Gasteiger charge is -2.20. The van der Waals surface area contributed by atoms with Crippen LogP contribution in [0.1, 0.15) is 0 Å². The minimum atomic E-state index is 0.268. The Labute approximate surface area is 105 Å². The summed E-state index contributed by atoms with van der Waals surface area (Å²) in [5.74, 6) is 0. The molecule has 0 aromatic carbocycles. The Kier molecular flexibility index (Phi) is 10.0. The first-order valence-corrected chi connectivity index (χ1v) is 5.24. The van der Waals surface area contributed by atoms with Gasteiger partial charge in [-0.05, 0) is 0 Å². The van der Waals surface area contributed by atoms with E-state index in [1.165, 1.54) is 22.6 Å². The summed E-state index contributed by atoms with van der Waals surface area (Å²) >= 11 is 0. The van der Waals surface area contributed by atoms with Crippen LogP contribution in [0.4, 0.5) is 0 Å². The number of nitrogens with one attached hydrogen (secondary N) is 2. The maximum atomic E-state index is 10.6. The molecule has 0 spiro atoms. The topological polar surface area (TPSA) is 98.8 Å². The molecule has 0 aromatic heterocycles. The van der Waals surface area contributed by atoms with Crippen molar-refractivity contribution in [1.82, 2.24) is 20.4 Å². The third-order valence-corrected chi connectivity index (χ3v) is 2.06. The van der Waals surface area contributed by atoms with Gasteiger partial charge in [0.1, 0.15) is 0 Å². The van der Waals surface area contributed by atoms with Gasteiger partial charge in [-0.3, -0.25) is 19.2 Å². The number of nitrogens with zero attached hydrogens (tertiary/aromatic N) is 2. The monoisotopic (exact) mass is 254 g/mol. The van der Waals surface area contributed by atoms with Crippen LogP contribution in [-0.2, 0) is 19.2 Å². The van der Waals surface area contributed by atoms with Crippen LogP contribution in [0.2, 0.25) is 0 Å². The summed E-state index contributed by atoms with van der Waals surface area (Å²) in [6.07, 6.45) is 6.34. The summed E-state index contributed by atoms with van der Waals surface area (Å²) in [4.78, 5) is 43.4. The lowest BCUT2D eigenvalue weighted by atomic mass is 10.4. The molecule has 0 aliphatic carbocycles. The highest BCUT2D eigenvalue weighted by Gasteiger charge is 2.07. The quantitative estimate of drug-likeness (QED) is 0.271. The molecule has 0 saturated carbocycles. The van der Waals surface area contributed by atoms with Crippen molar-refractivity contribution in [3.8, 4) is 0 Å². The van der Waals surface area contributed by atoms with Gasteiger partial charge in [0.25, 0.3) is 0 Å². The van der Waals surface area contributed by atoms with Crippen LogP contribution < -0.4 is 10.6 Å². The lowest BCUT2D eigenvalue weighted by Crippen LogP contribution is -2.39. The van der Waals surface area contributed by atoms with E-state index in [2.05, 4.69) is 10.6 Å². The Balaban J connectivity index is 3.83. The number of carbonyl (C=O) groups excluding carboxylic acids is 4. The van der Waals surface area contributed by atoms with Crippen LogP contribution in [0.5, 0.6) is 0 Å². The molecule has 8 heteroatoms. The van der Waals surface area contributed by atoms with Gasteiger partial charge < -0.3 is 20.4 Å². The number of amides is 4. The summed E-state index contributed by atoms with van der Waals surface area (Å²) in [6.45, 7) is 1.64. The maximum absolute atomic E-state index is 10.6. The minimum absolute atomic E-state index is 0.268. The van der Waals surface area contributed by atoms with Gasteiger partial charge in [-0.1, -0.05) is 0 Å². The zero-order chi connectivity index (χ0) is 13.6. The van der Waals surface area contributed by atoms with E-state index in [1.807, 2.05) is 0 Å². The Morgan fingerprint density at radius 3 is 1.33 bits per heavy atom. The Morgan fingerprint density at radius 2 is 1.06 bits per heavy atom. The first-order chi connectivity index (χ1) is 8.78. The second-order valence-electron chi connectivity index (χ2n) is 3.21. The van der Waals surface area contributed by atoms with Crippen molar-refractivity contribution < 1.29 is 19.2 Å². The molecule has 98 valence electrons. The minimum Gasteiger partial charge on any atom is -0.346 e. The van der Waals surface area contributed by atoms with E-state index >= 15 is 0 Å². The normalized spacial score (nSPS) is 9.11. The van der Waals surface area contributed by atoms with Crippen molar-refractivity contribution in [1.29, 1.82) is 0 Å². The molecule has 8 nitrogen and oxygen atoms in total. The number of hydrogen-bond donors (Lipinski definition) is 2. The van der Waals surface area contributed by atoms with E-state index in [1.54, 1.807) is 12.8 Å². The third kappa shape index (κ3) is 8.08. The fraction of sp³-hybridized carbons (Fsp3) is 0.600. The van der Waals surface area contributed by atoms with Crippen molar-refractivity contribution in [3.05, 3.63) is 0 Å². The zero-order valence-corrected chi connectivity index (χ0v) is 9.77. The molecule has 0 rings (SSSR count). The van der Waals surface area contributed by atoms with Crippen LogP contribution in [0.25, 0.3) is 0 Å². The molecule has 0 fully saturated rings. The Morgan fingerprint density at radius 1 is 0.667 bits per heavy atom. The highest BCUT2D eigenvalue weighted by molar-refractivity contribution is 5.51. The van der Waals surface area contributed by atoms with Crippen LogP contribution in [0, 0.1) is 0 Å². The molecule has 0 saturated heterocycles. The molecule has 0 aromatic rings. The first-order valence-electron chi connectivity index (χ1n) is 5.24. The van der Waals surface area contributed by atoms with E-state index in [0.717, 1.165) is 0 Å². The first kappa shape index (κ1) is 15.9. The summed E-state index contributed by atoms with van der Waals surface area (Å²) in [6, 6.07) is 0. The van der Waals surface area contributed by atoms with Crippen molar-refractivity contribution in [2.75, 3.05) is 39.3 Å². The average Bonchev–Trinajstić information content (AvgIpc) is 2.40. The van der Waals surface area contributed by atoms with E-state index in [9.17, 15) is 19.2 Å². The van der Waals surface area contributed by atoms with Crippen molar-refractivity contribution >= 4 is 25.6 Å². The molecule has 4 amide bonds. The molecule has 2 N–H and O–H groups in total. The summed E-state index contributed by atoms with van der Waals surface area (Å²) < 4.78 is 0. The molecule has 18 heavy (non-hydrogen) atoms. The third-order valence-electron chi connectivity index (χ3n) is 2.06. The van der Waals surface area contributed by atoms with Crippen molar-refractivity contribution in [2.24, 2.45) is 0 Å². The molecular weight excluding hydrogens is 240 g/mol. The van der Waals surface area contributed by atoms with Gasteiger partial charge in [-0.15, -0.1) is 0 Å². The van der Waals surface area contributed by atoms with E-state index in [-0.39, 0.29) is 39.3 Å². The predicted molar refractivity (Wildman–Crippen MR) is 61.9 cm³/mol. The van der Waals surface area contributed by atoms with Gasteiger partial charge >= 0.3 is 25.6 Å². The zero-order valence-electron chi connectivity index (χ0n) is 9.77. The fourth-order valence-electron chi connectivity index (χ4n) is 1.13. The maximum Gasteiger partial charge on any atom is 0.312 e. The fourth-order valence-corrected chi connectivity index (χ4v) is 1.13. The lowest BCUT2D eigenvalue weighted by molar-refractivity contribution is 0.315. The Bertz CT molecular complexity index is 236. The van der Waals surface area contributed by atoms with E-state index in [0.29, 0.717) is 0 Å². The molecule has 4 radical (unpaired) electrons. The van der Waals surface area contributed by atoms with Crippen molar-refractivity contribution in [2.45, 2.75) is 0 Å². The van der Waals surface area contributed by atoms with Gasteiger partial charge in [0, 0.05) is 39.3 Å². The molecule has 0 aliphatic heterocycles. The van der Waals surface area contributed by atoms with Gasteiger partial charge in [0.05, 0.1) is 0 Å². The van der Waals surface area contributed by atoms with Crippen LogP contribution in [0.3, 0.4) is 0 Å². The smallest absolute Gasteiger partial charge is 0.312 e. The largest absolute Gasteiger partial charge is 0.346 e. The molecule has 0 atom stereocenters. The summed E-state index contributed by atoms with van der Waals surface area (Å²) in [5, 5.41) is 4.57. The van der Waals surface area contributed by atoms with Gasteiger partial charge in [0.2, 0.25) is 0 Å². The molecular formula is C10H14N4O4. The molecule has 0 unspecified atom stereocenters. The van der Waals surface area contributed by atoms with Crippen LogP contribution in [0.15, 0.2) is 0 Å². The number of hydrogen-bond acceptors (Lipinski definition) is 4. The number of rotatable bonds is 13. The van der Waals surface area contributed by atoms with Crippen molar-refractivity contribution in [3.63, 3.8) is 0 Å². The standard InChI is InChI=1S/C10H14N4O4/c15-7-11-1-3-13(9-17)5-6-14(10-18)4-2-12-8-16/h1-6H2,(H,11,15)(H,12,16). The second kappa shape index (κ2) is 11.4. The average molecular weight is 254 g/mol. The van der Waals surface area contributed by atoms with Gasteiger partial charge in [-0.2, -0.15) is 0 Å². The SMILES string of the molecule is O=[C]NCCN([C]=O)CCN([C]=O)CCN[C]=O. The van der Waals surface area contributed by atoms with Gasteiger partial charge in [0.15, 0.2) is 0 Å².